The van der Waals surface area contributed by atoms with E-state index in [0.29, 0.717) is 0 Å². The molecule has 0 aliphatic heterocycles. The predicted octanol–water partition coefficient (Wildman–Crippen LogP) is 10.8. The van der Waals surface area contributed by atoms with Crippen molar-refractivity contribution in [3.63, 3.8) is 0 Å². The van der Waals surface area contributed by atoms with E-state index < -0.39 is 0 Å². The number of hydrogen-bond donors (Lipinski definition) is 0. The number of benzene rings is 6. The highest BCUT2D eigenvalue weighted by Crippen LogP contribution is 2.38. The first-order valence-corrected chi connectivity index (χ1v) is 13.4. The van der Waals surface area contributed by atoms with E-state index in [0.717, 1.165) is 11.4 Å². The van der Waals surface area contributed by atoms with Gasteiger partial charge in [0.1, 0.15) is 0 Å². The van der Waals surface area contributed by atoms with Crippen LogP contribution < -0.4 is 4.90 Å². The Hall–Kier alpha value is -4.88. The second-order valence-corrected chi connectivity index (χ2v) is 10.1. The summed E-state index contributed by atoms with van der Waals surface area (Å²) in [7, 11) is 0. The summed E-state index contributed by atoms with van der Waals surface area (Å²) in [5.41, 5.74) is 10.8. The molecule has 6 aromatic carbocycles. The maximum Gasteiger partial charge on any atom is 0.0490 e. The van der Waals surface area contributed by atoms with Crippen LogP contribution in [0.2, 0.25) is 0 Å². The van der Waals surface area contributed by atoms with Crippen LogP contribution in [0.1, 0.15) is 22.3 Å². The Morgan fingerprint density at radius 1 is 0.462 bits per heavy atom. The molecule has 0 aliphatic carbocycles. The molecule has 0 bridgehead atoms. The van der Waals surface area contributed by atoms with Gasteiger partial charge in [0, 0.05) is 17.1 Å². The quantitative estimate of drug-likeness (QED) is 0.205. The molecule has 188 valence electrons. The zero-order chi connectivity index (χ0) is 26.6. The summed E-state index contributed by atoms with van der Waals surface area (Å²) in [5.74, 6) is 0. The number of rotatable bonds is 6. The minimum Gasteiger partial charge on any atom is -0.310 e. The molecular formula is C38H31N. The van der Waals surface area contributed by atoms with Gasteiger partial charge in [0.15, 0.2) is 0 Å². The molecule has 0 aromatic heterocycles. The third kappa shape index (κ3) is 5.39. The number of fused-ring (bicyclic) bond motifs is 1. The summed E-state index contributed by atoms with van der Waals surface area (Å²) < 4.78 is 0. The van der Waals surface area contributed by atoms with Gasteiger partial charge in [-0.05, 0) is 82.8 Å². The lowest BCUT2D eigenvalue weighted by atomic mass is 10.0. The highest BCUT2D eigenvalue weighted by atomic mass is 15.1. The van der Waals surface area contributed by atoms with Crippen LogP contribution in [-0.2, 0) is 0 Å². The largest absolute Gasteiger partial charge is 0.310 e. The van der Waals surface area contributed by atoms with Crippen LogP contribution in [0.4, 0.5) is 17.1 Å². The van der Waals surface area contributed by atoms with Crippen LogP contribution >= 0.6 is 0 Å². The number of hydrogen-bond acceptors (Lipinski definition) is 1. The Labute approximate surface area is 231 Å². The van der Waals surface area contributed by atoms with E-state index in [2.05, 4.69) is 170 Å². The highest BCUT2D eigenvalue weighted by Gasteiger charge is 2.15. The van der Waals surface area contributed by atoms with Crippen LogP contribution in [0.25, 0.3) is 34.1 Å². The number of aryl methyl sites for hydroxylation is 2. The third-order valence-electron chi connectivity index (χ3n) is 7.26. The van der Waals surface area contributed by atoms with Gasteiger partial charge < -0.3 is 4.90 Å². The zero-order valence-electron chi connectivity index (χ0n) is 22.4. The van der Waals surface area contributed by atoms with Gasteiger partial charge >= 0.3 is 0 Å². The summed E-state index contributed by atoms with van der Waals surface area (Å²) in [6, 6.07) is 50.1. The van der Waals surface area contributed by atoms with E-state index in [9.17, 15) is 0 Å². The van der Waals surface area contributed by atoms with Crippen molar-refractivity contribution in [1.29, 1.82) is 0 Å². The molecule has 6 aromatic rings. The summed E-state index contributed by atoms with van der Waals surface area (Å²) >= 11 is 0. The molecule has 0 amide bonds. The minimum absolute atomic E-state index is 1.14. The van der Waals surface area contributed by atoms with Crippen LogP contribution in [0, 0.1) is 13.8 Å². The summed E-state index contributed by atoms with van der Waals surface area (Å²) in [5, 5.41) is 2.49. The van der Waals surface area contributed by atoms with Crippen molar-refractivity contribution in [3.05, 3.63) is 162 Å². The molecule has 0 N–H and O–H groups in total. The smallest absolute Gasteiger partial charge is 0.0490 e. The second-order valence-electron chi connectivity index (χ2n) is 10.1. The van der Waals surface area contributed by atoms with Crippen molar-refractivity contribution in [2.75, 3.05) is 4.90 Å². The zero-order valence-corrected chi connectivity index (χ0v) is 22.4. The standard InChI is InChI=1S/C38H31N/c1-28-11-13-30(14-12-28)15-16-31-17-19-33(20-18-31)34-21-24-36(25-22-34)39(38-10-6-3-7-29(38)2)37-26-23-32-8-4-5-9-35(32)27-37/h3-27H,1-2H3. The van der Waals surface area contributed by atoms with Gasteiger partial charge in [0.05, 0.1) is 0 Å². The molecule has 0 saturated carbocycles. The molecule has 0 radical (unpaired) electrons. The highest BCUT2D eigenvalue weighted by molar-refractivity contribution is 5.90. The lowest BCUT2D eigenvalue weighted by Gasteiger charge is -2.27. The first kappa shape index (κ1) is 24.5. The molecule has 0 spiro atoms. The molecule has 6 rings (SSSR count). The van der Waals surface area contributed by atoms with Crippen molar-refractivity contribution >= 4 is 40.0 Å². The molecule has 1 heteroatoms. The summed E-state index contributed by atoms with van der Waals surface area (Å²) in [4.78, 5) is 2.35. The molecule has 1 nitrogen and oxygen atoms in total. The van der Waals surface area contributed by atoms with E-state index in [-0.39, 0.29) is 0 Å². The number of para-hydroxylation sites is 1. The maximum absolute atomic E-state index is 2.35. The Kier molecular flexibility index (Phi) is 6.80. The van der Waals surface area contributed by atoms with Gasteiger partial charge in [-0.3, -0.25) is 0 Å². The fourth-order valence-electron chi connectivity index (χ4n) is 5.02. The van der Waals surface area contributed by atoms with E-state index in [4.69, 9.17) is 0 Å². The normalized spacial score (nSPS) is 11.2. The Bertz CT molecular complexity index is 1740. The fourth-order valence-corrected chi connectivity index (χ4v) is 5.02. The van der Waals surface area contributed by atoms with Gasteiger partial charge in [-0.15, -0.1) is 0 Å². The topological polar surface area (TPSA) is 3.24 Å². The first-order chi connectivity index (χ1) is 19.1. The monoisotopic (exact) mass is 501 g/mol. The Balaban J connectivity index is 1.29. The van der Waals surface area contributed by atoms with Gasteiger partial charge in [0.2, 0.25) is 0 Å². The Morgan fingerprint density at radius 3 is 1.67 bits per heavy atom. The van der Waals surface area contributed by atoms with Gasteiger partial charge in [-0.25, -0.2) is 0 Å². The lowest BCUT2D eigenvalue weighted by Crippen LogP contribution is -2.11. The minimum atomic E-state index is 1.14. The van der Waals surface area contributed by atoms with Crippen LogP contribution in [0.5, 0.6) is 0 Å². The molecule has 0 saturated heterocycles. The van der Waals surface area contributed by atoms with Crippen molar-refractivity contribution in [2.24, 2.45) is 0 Å². The summed E-state index contributed by atoms with van der Waals surface area (Å²) in [6.45, 7) is 4.29. The van der Waals surface area contributed by atoms with Crippen molar-refractivity contribution in [3.8, 4) is 11.1 Å². The molecule has 39 heavy (non-hydrogen) atoms. The second kappa shape index (κ2) is 10.8. The number of anilines is 3. The molecule has 0 heterocycles. The van der Waals surface area contributed by atoms with Crippen molar-refractivity contribution in [2.45, 2.75) is 13.8 Å². The van der Waals surface area contributed by atoms with Gasteiger partial charge in [-0.1, -0.05) is 127 Å². The fraction of sp³-hybridized carbons (Fsp3) is 0.0526. The molecular weight excluding hydrogens is 470 g/mol. The van der Waals surface area contributed by atoms with E-state index in [1.54, 1.807) is 0 Å². The van der Waals surface area contributed by atoms with Gasteiger partial charge in [0.25, 0.3) is 0 Å². The molecule has 0 atom stereocenters. The summed E-state index contributed by atoms with van der Waals surface area (Å²) in [6.07, 6.45) is 4.33. The Morgan fingerprint density at radius 2 is 1.00 bits per heavy atom. The average Bonchev–Trinajstić information content (AvgIpc) is 2.99. The third-order valence-corrected chi connectivity index (χ3v) is 7.26. The van der Waals surface area contributed by atoms with Crippen molar-refractivity contribution in [1.82, 2.24) is 0 Å². The van der Waals surface area contributed by atoms with Crippen LogP contribution in [0.3, 0.4) is 0 Å². The van der Waals surface area contributed by atoms with E-state index >= 15 is 0 Å². The van der Waals surface area contributed by atoms with E-state index in [1.165, 1.54) is 49.8 Å². The first-order valence-electron chi connectivity index (χ1n) is 13.4. The molecule has 0 aliphatic rings. The van der Waals surface area contributed by atoms with E-state index in [1.807, 2.05) is 0 Å². The SMILES string of the molecule is Cc1ccc(C=Cc2ccc(-c3ccc(N(c4ccc5ccccc5c4)c4ccccc4C)cc3)cc2)cc1. The maximum atomic E-state index is 2.35. The number of nitrogens with zero attached hydrogens (tertiary/aromatic N) is 1. The predicted molar refractivity (Wildman–Crippen MR) is 169 cm³/mol. The molecule has 0 fully saturated rings. The van der Waals surface area contributed by atoms with Crippen LogP contribution in [0.15, 0.2) is 140 Å². The average molecular weight is 502 g/mol. The van der Waals surface area contributed by atoms with Crippen molar-refractivity contribution < 1.29 is 0 Å². The van der Waals surface area contributed by atoms with Gasteiger partial charge in [-0.2, -0.15) is 0 Å². The van der Waals surface area contributed by atoms with Crippen LogP contribution in [-0.4, -0.2) is 0 Å². The molecule has 0 unspecified atom stereocenters. The lowest BCUT2D eigenvalue weighted by molar-refractivity contribution is 1.25.